The predicted octanol–water partition coefficient (Wildman–Crippen LogP) is 3.61. The molecule has 1 fully saturated rings. The van der Waals surface area contributed by atoms with Gasteiger partial charge in [-0.15, -0.1) is 0 Å². The molecule has 3 atom stereocenters. The van der Waals surface area contributed by atoms with E-state index in [1.54, 1.807) is 0 Å². The standard InChI is InChI=1S/C20H33NO2/c1-2-3-4-5-6-7-8-16-9-11-17(12-10-16)13-14-19-20(22)18(21)15-23-19/h9-12,18-20,22H,2-8,13-15,21H2,1H3/t18-,19+,20+/m1/s1. The summed E-state index contributed by atoms with van der Waals surface area (Å²) in [5.74, 6) is 0. The zero-order valence-electron chi connectivity index (χ0n) is 14.5. The smallest absolute Gasteiger partial charge is 0.0974 e. The second-order valence-corrected chi connectivity index (χ2v) is 6.90. The van der Waals surface area contributed by atoms with Crippen LogP contribution in [0.25, 0.3) is 0 Å². The SMILES string of the molecule is CCCCCCCCc1ccc(CC[C@@H]2OC[C@@H](N)[C@@H]2O)cc1. The molecule has 1 heterocycles. The number of rotatable bonds is 10. The molecule has 0 amide bonds. The van der Waals surface area contributed by atoms with Gasteiger partial charge in [0.1, 0.15) is 0 Å². The fourth-order valence-electron chi connectivity index (χ4n) is 3.25. The molecule has 0 saturated carbocycles. The first-order valence-corrected chi connectivity index (χ1v) is 9.33. The Kier molecular flexibility index (Phi) is 8.07. The number of aryl methyl sites for hydroxylation is 2. The fraction of sp³-hybridized carbons (Fsp3) is 0.700. The van der Waals surface area contributed by atoms with Crippen molar-refractivity contribution in [1.82, 2.24) is 0 Å². The van der Waals surface area contributed by atoms with E-state index in [1.807, 2.05) is 0 Å². The van der Waals surface area contributed by atoms with Gasteiger partial charge in [-0.1, -0.05) is 63.3 Å². The number of unbranched alkanes of at least 4 members (excludes halogenated alkanes) is 5. The van der Waals surface area contributed by atoms with E-state index >= 15 is 0 Å². The maximum absolute atomic E-state index is 9.90. The van der Waals surface area contributed by atoms with E-state index in [0.29, 0.717) is 6.61 Å². The molecule has 3 N–H and O–H groups in total. The number of hydrogen-bond donors (Lipinski definition) is 2. The van der Waals surface area contributed by atoms with Crippen LogP contribution in [0.15, 0.2) is 24.3 Å². The summed E-state index contributed by atoms with van der Waals surface area (Å²) in [6, 6.07) is 8.71. The Morgan fingerprint density at radius 3 is 2.22 bits per heavy atom. The van der Waals surface area contributed by atoms with Gasteiger partial charge in [0.25, 0.3) is 0 Å². The summed E-state index contributed by atoms with van der Waals surface area (Å²) in [5.41, 5.74) is 8.51. The monoisotopic (exact) mass is 319 g/mol. The summed E-state index contributed by atoms with van der Waals surface area (Å²) in [7, 11) is 0. The first-order valence-electron chi connectivity index (χ1n) is 9.33. The Morgan fingerprint density at radius 2 is 1.61 bits per heavy atom. The van der Waals surface area contributed by atoms with Gasteiger partial charge in [-0.2, -0.15) is 0 Å². The summed E-state index contributed by atoms with van der Waals surface area (Å²) in [6.45, 7) is 2.73. The Morgan fingerprint density at radius 1 is 1.00 bits per heavy atom. The van der Waals surface area contributed by atoms with E-state index in [2.05, 4.69) is 31.2 Å². The van der Waals surface area contributed by atoms with Gasteiger partial charge in [0.2, 0.25) is 0 Å². The van der Waals surface area contributed by atoms with Gasteiger partial charge < -0.3 is 15.6 Å². The minimum atomic E-state index is -0.512. The third kappa shape index (κ3) is 6.25. The van der Waals surface area contributed by atoms with Crippen molar-refractivity contribution < 1.29 is 9.84 Å². The van der Waals surface area contributed by atoms with Crippen LogP contribution < -0.4 is 5.73 Å². The number of aliphatic hydroxyl groups excluding tert-OH is 1. The highest BCUT2D eigenvalue weighted by atomic mass is 16.5. The Bertz CT molecular complexity index is 432. The van der Waals surface area contributed by atoms with Gasteiger partial charge in [0, 0.05) is 0 Å². The molecule has 3 nitrogen and oxygen atoms in total. The highest BCUT2D eigenvalue weighted by Gasteiger charge is 2.32. The van der Waals surface area contributed by atoms with Crippen LogP contribution in [0.1, 0.15) is 63.0 Å². The minimum absolute atomic E-state index is 0.104. The number of aliphatic hydroxyl groups is 1. The van der Waals surface area contributed by atoms with Crippen LogP contribution in [0.2, 0.25) is 0 Å². The van der Waals surface area contributed by atoms with Gasteiger partial charge >= 0.3 is 0 Å². The summed E-state index contributed by atoms with van der Waals surface area (Å²) >= 11 is 0. The number of benzene rings is 1. The lowest BCUT2D eigenvalue weighted by molar-refractivity contribution is 0.0362. The summed E-state index contributed by atoms with van der Waals surface area (Å²) in [6.07, 6.45) is 10.4. The van der Waals surface area contributed by atoms with Crippen molar-refractivity contribution in [3.8, 4) is 0 Å². The summed E-state index contributed by atoms with van der Waals surface area (Å²) < 4.78 is 5.54. The minimum Gasteiger partial charge on any atom is -0.389 e. The van der Waals surface area contributed by atoms with Crippen molar-refractivity contribution >= 4 is 0 Å². The van der Waals surface area contributed by atoms with Gasteiger partial charge in [0.15, 0.2) is 0 Å². The quantitative estimate of drug-likeness (QED) is 0.648. The maximum atomic E-state index is 9.90. The molecular formula is C20H33NO2. The lowest BCUT2D eigenvalue weighted by atomic mass is 9.99. The fourth-order valence-corrected chi connectivity index (χ4v) is 3.25. The van der Waals surface area contributed by atoms with Crippen molar-refractivity contribution in [1.29, 1.82) is 0 Å². The zero-order chi connectivity index (χ0) is 16.5. The molecule has 0 spiro atoms. The predicted molar refractivity (Wildman–Crippen MR) is 95.6 cm³/mol. The molecule has 130 valence electrons. The normalized spacial score (nSPS) is 24.2. The van der Waals surface area contributed by atoms with E-state index in [4.69, 9.17) is 10.5 Å². The van der Waals surface area contributed by atoms with Crippen molar-refractivity contribution in [2.45, 2.75) is 83.0 Å². The third-order valence-corrected chi connectivity index (χ3v) is 4.88. The molecule has 1 aliphatic rings. The molecule has 0 unspecified atom stereocenters. The van der Waals surface area contributed by atoms with E-state index in [-0.39, 0.29) is 12.1 Å². The topological polar surface area (TPSA) is 55.5 Å². The molecule has 0 aliphatic carbocycles. The molecule has 0 radical (unpaired) electrons. The summed E-state index contributed by atoms with van der Waals surface area (Å²) in [4.78, 5) is 0. The maximum Gasteiger partial charge on any atom is 0.0974 e. The average molecular weight is 319 g/mol. The van der Waals surface area contributed by atoms with Crippen molar-refractivity contribution in [2.24, 2.45) is 5.73 Å². The second-order valence-electron chi connectivity index (χ2n) is 6.90. The average Bonchev–Trinajstić information content (AvgIpc) is 2.89. The number of nitrogens with two attached hydrogens (primary N) is 1. The third-order valence-electron chi connectivity index (χ3n) is 4.88. The Balaban J connectivity index is 1.64. The Labute approximate surface area is 141 Å². The second kappa shape index (κ2) is 10.1. The van der Waals surface area contributed by atoms with E-state index in [1.165, 1.54) is 56.1 Å². The van der Waals surface area contributed by atoms with E-state index in [0.717, 1.165) is 12.8 Å². The highest BCUT2D eigenvalue weighted by molar-refractivity contribution is 5.22. The van der Waals surface area contributed by atoms with E-state index < -0.39 is 6.10 Å². The molecule has 2 rings (SSSR count). The van der Waals surface area contributed by atoms with Crippen LogP contribution in [0.3, 0.4) is 0 Å². The molecule has 1 aromatic carbocycles. The zero-order valence-corrected chi connectivity index (χ0v) is 14.5. The number of hydrogen-bond acceptors (Lipinski definition) is 3. The van der Waals surface area contributed by atoms with Gasteiger partial charge in [-0.25, -0.2) is 0 Å². The molecule has 23 heavy (non-hydrogen) atoms. The van der Waals surface area contributed by atoms with Crippen molar-refractivity contribution in [3.05, 3.63) is 35.4 Å². The van der Waals surface area contributed by atoms with Crippen molar-refractivity contribution in [2.75, 3.05) is 6.61 Å². The van der Waals surface area contributed by atoms with Crippen LogP contribution >= 0.6 is 0 Å². The van der Waals surface area contributed by atoms with Crippen LogP contribution in [-0.4, -0.2) is 30.0 Å². The van der Waals surface area contributed by atoms with Crippen LogP contribution in [0.4, 0.5) is 0 Å². The molecule has 0 aromatic heterocycles. The molecule has 0 bridgehead atoms. The van der Waals surface area contributed by atoms with Gasteiger partial charge in [-0.3, -0.25) is 0 Å². The van der Waals surface area contributed by atoms with E-state index in [9.17, 15) is 5.11 Å². The largest absolute Gasteiger partial charge is 0.389 e. The van der Waals surface area contributed by atoms with Crippen LogP contribution in [0.5, 0.6) is 0 Å². The first kappa shape index (κ1) is 18.4. The van der Waals surface area contributed by atoms with Crippen LogP contribution in [-0.2, 0) is 17.6 Å². The van der Waals surface area contributed by atoms with Gasteiger partial charge in [0.05, 0.1) is 24.9 Å². The molecular weight excluding hydrogens is 286 g/mol. The van der Waals surface area contributed by atoms with Gasteiger partial charge in [-0.05, 0) is 36.8 Å². The first-order chi connectivity index (χ1) is 11.2. The van der Waals surface area contributed by atoms with Crippen molar-refractivity contribution in [3.63, 3.8) is 0 Å². The number of ether oxygens (including phenoxy) is 1. The summed E-state index contributed by atoms with van der Waals surface area (Å²) in [5, 5.41) is 9.90. The highest BCUT2D eigenvalue weighted by Crippen LogP contribution is 2.19. The lowest BCUT2D eigenvalue weighted by Crippen LogP contribution is -2.36. The molecule has 1 saturated heterocycles. The molecule has 1 aromatic rings. The van der Waals surface area contributed by atoms with Crippen LogP contribution in [0, 0.1) is 0 Å². The molecule has 1 aliphatic heterocycles. The Hall–Kier alpha value is -0.900. The lowest BCUT2D eigenvalue weighted by Gasteiger charge is -2.15. The molecule has 3 heteroatoms.